The first-order chi connectivity index (χ1) is 8.51. The molecule has 1 rings (SSSR count). The van der Waals surface area contributed by atoms with Crippen molar-refractivity contribution in [1.29, 1.82) is 0 Å². The summed E-state index contributed by atoms with van der Waals surface area (Å²) in [7, 11) is 2.07. The Morgan fingerprint density at radius 1 is 1.39 bits per heavy atom. The van der Waals surface area contributed by atoms with Crippen LogP contribution >= 0.6 is 11.8 Å². The van der Waals surface area contributed by atoms with Gasteiger partial charge in [-0.2, -0.15) is 11.8 Å². The second-order valence-corrected chi connectivity index (χ2v) is 6.37. The fourth-order valence-corrected chi connectivity index (χ4v) is 2.98. The maximum Gasteiger partial charge on any atom is 0.0793 e. The van der Waals surface area contributed by atoms with E-state index in [9.17, 15) is 5.11 Å². The molecule has 1 N–H and O–H groups in total. The molecule has 1 aliphatic rings. The average Bonchev–Trinajstić information content (AvgIpc) is 2.24. The van der Waals surface area contributed by atoms with Crippen molar-refractivity contribution < 1.29 is 9.84 Å². The normalized spacial score (nSPS) is 27.7. The molecule has 1 aliphatic heterocycles. The molecule has 3 atom stereocenters. The topological polar surface area (TPSA) is 35.9 Å². The van der Waals surface area contributed by atoms with Gasteiger partial charge in [-0.05, 0) is 27.2 Å². The third-order valence-corrected chi connectivity index (χ3v) is 3.75. The molecule has 0 aromatic carbocycles. The summed E-state index contributed by atoms with van der Waals surface area (Å²) in [4.78, 5) is 4.51. The summed E-state index contributed by atoms with van der Waals surface area (Å²) in [6, 6.07) is 0. The number of thioether (sulfide) groups is 1. The zero-order valence-electron chi connectivity index (χ0n) is 12.1. The van der Waals surface area contributed by atoms with Crippen LogP contribution in [0.3, 0.4) is 0 Å². The van der Waals surface area contributed by atoms with Gasteiger partial charge in [-0.3, -0.25) is 4.90 Å². The Morgan fingerprint density at radius 2 is 2.00 bits per heavy atom. The predicted molar refractivity (Wildman–Crippen MR) is 78.3 cm³/mol. The third kappa shape index (κ3) is 6.38. The highest BCUT2D eigenvalue weighted by Crippen LogP contribution is 2.11. The monoisotopic (exact) mass is 276 g/mol. The largest absolute Gasteiger partial charge is 0.390 e. The summed E-state index contributed by atoms with van der Waals surface area (Å²) in [5.74, 6) is 1.12. The van der Waals surface area contributed by atoms with E-state index in [-0.39, 0.29) is 18.3 Å². The van der Waals surface area contributed by atoms with E-state index in [0.29, 0.717) is 0 Å². The lowest BCUT2D eigenvalue weighted by Crippen LogP contribution is -2.49. The van der Waals surface area contributed by atoms with Gasteiger partial charge in [-0.25, -0.2) is 0 Å². The lowest BCUT2D eigenvalue weighted by molar-refractivity contribution is -0.0776. The Kier molecular flexibility index (Phi) is 7.56. The number of aliphatic hydroxyl groups excluding tert-OH is 1. The van der Waals surface area contributed by atoms with Crippen LogP contribution in [0.5, 0.6) is 0 Å². The van der Waals surface area contributed by atoms with E-state index in [1.807, 2.05) is 11.8 Å². The van der Waals surface area contributed by atoms with E-state index in [0.717, 1.165) is 38.5 Å². The smallest absolute Gasteiger partial charge is 0.0793 e. The van der Waals surface area contributed by atoms with E-state index < -0.39 is 0 Å². The van der Waals surface area contributed by atoms with Gasteiger partial charge in [0, 0.05) is 38.5 Å². The number of morpholine rings is 1. The second kappa shape index (κ2) is 8.38. The van der Waals surface area contributed by atoms with Crippen molar-refractivity contribution in [2.24, 2.45) is 0 Å². The SMILES string of the molecule is CSCCN(C)CC(O)CN1CC(C)OC(C)C1. The first-order valence-corrected chi connectivity index (χ1v) is 8.14. The van der Waals surface area contributed by atoms with Crippen LogP contribution < -0.4 is 0 Å². The number of ether oxygens (including phenoxy) is 1. The highest BCUT2D eigenvalue weighted by atomic mass is 32.2. The van der Waals surface area contributed by atoms with Gasteiger partial charge < -0.3 is 14.7 Å². The maximum absolute atomic E-state index is 10.1. The number of hydrogen-bond acceptors (Lipinski definition) is 5. The third-order valence-electron chi connectivity index (χ3n) is 3.16. The van der Waals surface area contributed by atoms with Gasteiger partial charge in [0.2, 0.25) is 0 Å². The molecule has 0 aliphatic carbocycles. The maximum atomic E-state index is 10.1. The minimum atomic E-state index is -0.269. The van der Waals surface area contributed by atoms with Crippen molar-refractivity contribution in [2.45, 2.75) is 32.2 Å². The number of β-amino-alcohol motifs (C(OH)–C–C–N with tert-alkyl or cyclic N) is 1. The first-order valence-electron chi connectivity index (χ1n) is 6.74. The fourth-order valence-electron chi connectivity index (χ4n) is 2.49. The Labute approximate surface area is 116 Å². The van der Waals surface area contributed by atoms with Crippen LogP contribution in [0.1, 0.15) is 13.8 Å². The molecular formula is C13H28N2O2S. The molecule has 5 heteroatoms. The molecule has 1 saturated heterocycles. The van der Waals surface area contributed by atoms with E-state index in [4.69, 9.17) is 4.74 Å². The Balaban J connectivity index is 2.24. The lowest BCUT2D eigenvalue weighted by Gasteiger charge is -2.36. The van der Waals surface area contributed by atoms with E-state index in [1.54, 1.807) is 0 Å². The molecule has 18 heavy (non-hydrogen) atoms. The summed E-state index contributed by atoms with van der Waals surface area (Å²) < 4.78 is 5.70. The van der Waals surface area contributed by atoms with Crippen molar-refractivity contribution in [3.8, 4) is 0 Å². The number of nitrogens with zero attached hydrogens (tertiary/aromatic N) is 2. The van der Waals surface area contributed by atoms with Gasteiger partial charge >= 0.3 is 0 Å². The number of likely N-dealkylation sites (N-methyl/N-ethyl adjacent to an activating group) is 1. The molecule has 0 bridgehead atoms. The highest BCUT2D eigenvalue weighted by Gasteiger charge is 2.23. The molecule has 0 amide bonds. The molecule has 0 radical (unpaired) electrons. The van der Waals surface area contributed by atoms with Gasteiger partial charge in [-0.15, -0.1) is 0 Å². The Bertz CT molecular complexity index is 221. The van der Waals surface area contributed by atoms with Crippen LogP contribution in [0.2, 0.25) is 0 Å². The van der Waals surface area contributed by atoms with Crippen LogP contribution in [-0.4, -0.2) is 85.0 Å². The molecule has 1 heterocycles. The van der Waals surface area contributed by atoms with Crippen LogP contribution in [0, 0.1) is 0 Å². The lowest BCUT2D eigenvalue weighted by atomic mass is 10.2. The van der Waals surface area contributed by atoms with E-state index in [1.165, 1.54) is 0 Å². The Hall–Kier alpha value is 0.190. The molecule has 3 unspecified atom stereocenters. The number of rotatable bonds is 7. The van der Waals surface area contributed by atoms with Crippen LogP contribution in [0.15, 0.2) is 0 Å². The summed E-state index contributed by atoms with van der Waals surface area (Å²) >= 11 is 1.84. The summed E-state index contributed by atoms with van der Waals surface area (Å²) in [5.41, 5.74) is 0. The first kappa shape index (κ1) is 16.2. The minimum absolute atomic E-state index is 0.269. The molecule has 0 aromatic heterocycles. The summed E-state index contributed by atoms with van der Waals surface area (Å²) in [6.07, 6.45) is 2.39. The predicted octanol–water partition coefficient (Wildman–Crippen LogP) is 0.751. The summed E-state index contributed by atoms with van der Waals surface area (Å²) in [5, 5.41) is 10.1. The molecule has 0 saturated carbocycles. The Morgan fingerprint density at radius 3 is 2.56 bits per heavy atom. The highest BCUT2D eigenvalue weighted by molar-refractivity contribution is 7.98. The van der Waals surface area contributed by atoms with Gasteiger partial charge in [0.1, 0.15) is 0 Å². The van der Waals surface area contributed by atoms with Crippen LogP contribution in [0.4, 0.5) is 0 Å². The van der Waals surface area contributed by atoms with Gasteiger partial charge in [-0.1, -0.05) is 0 Å². The second-order valence-electron chi connectivity index (χ2n) is 5.38. The van der Waals surface area contributed by atoms with Crippen molar-refractivity contribution in [1.82, 2.24) is 9.80 Å². The molecular weight excluding hydrogens is 248 g/mol. The van der Waals surface area contributed by atoms with Crippen molar-refractivity contribution in [3.05, 3.63) is 0 Å². The average molecular weight is 276 g/mol. The molecule has 0 aromatic rings. The van der Waals surface area contributed by atoms with Crippen molar-refractivity contribution in [2.75, 3.05) is 51.8 Å². The fraction of sp³-hybridized carbons (Fsp3) is 1.00. The molecule has 0 spiro atoms. The van der Waals surface area contributed by atoms with Gasteiger partial charge in [0.25, 0.3) is 0 Å². The van der Waals surface area contributed by atoms with E-state index >= 15 is 0 Å². The van der Waals surface area contributed by atoms with E-state index in [2.05, 4.69) is 37.0 Å². The molecule has 1 fully saturated rings. The van der Waals surface area contributed by atoms with Gasteiger partial charge in [0.05, 0.1) is 18.3 Å². The standard InChI is InChI=1S/C13H28N2O2S/c1-11-7-15(8-12(2)17-11)10-13(16)9-14(3)5-6-18-4/h11-13,16H,5-10H2,1-4H3. The van der Waals surface area contributed by atoms with Gasteiger partial charge in [0.15, 0.2) is 0 Å². The minimum Gasteiger partial charge on any atom is -0.390 e. The van der Waals surface area contributed by atoms with Crippen LogP contribution in [0.25, 0.3) is 0 Å². The zero-order valence-corrected chi connectivity index (χ0v) is 12.9. The number of hydrogen-bond donors (Lipinski definition) is 1. The van der Waals surface area contributed by atoms with Crippen molar-refractivity contribution >= 4 is 11.8 Å². The van der Waals surface area contributed by atoms with Crippen LogP contribution in [-0.2, 0) is 4.74 Å². The quantitative estimate of drug-likeness (QED) is 0.742. The van der Waals surface area contributed by atoms with Crippen molar-refractivity contribution in [3.63, 3.8) is 0 Å². The number of aliphatic hydroxyl groups is 1. The molecule has 4 nitrogen and oxygen atoms in total. The summed E-state index contributed by atoms with van der Waals surface area (Å²) in [6.45, 7) is 8.58. The molecule has 108 valence electrons. The zero-order chi connectivity index (χ0) is 13.5.